The Labute approximate surface area is 175 Å². The van der Waals surface area contributed by atoms with Crippen molar-refractivity contribution >= 4 is 5.91 Å². The molecule has 0 radical (unpaired) electrons. The van der Waals surface area contributed by atoms with Crippen LogP contribution in [0.4, 0.5) is 0 Å². The van der Waals surface area contributed by atoms with Gasteiger partial charge in [-0.3, -0.25) is 9.78 Å². The van der Waals surface area contributed by atoms with Gasteiger partial charge in [0, 0.05) is 24.1 Å². The summed E-state index contributed by atoms with van der Waals surface area (Å²) in [6, 6.07) is 23.9. The summed E-state index contributed by atoms with van der Waals surface area (Å²) in [5.74, 6) is 0.820. The van der Waals surface area contributed by atoms with Crippen molar-refractivity contribution in [2.75, 3.05) is 0 Å². The van der Waals surface area contributed by atoms with Gasteiger partial charge >= 0.3 is 0 Å². The molecule has 0 saturated heterocycles. The summed E-state index contributed by atoms with van der Waals surface area (Å²) in [6.45, 7) is 2.33. The smallest absolute Gasteiger partial charge is 0.247 e. The molecular formula is C24H22N4O2. The molecule has 0 aliphatic carbocycles. The van der Waals surface area contributed by atoms with Crippen molar-refractivity contribution in [3.8, 4) is 22.6 Å². The number of aryl methyl sites for hydroxylation is 2. The Kier molecular flexibility index (Phi) is 5.94. The van der Waals surface area contributed by atoms with Crippen molar-refractivity contribution in [3.63, 3.8) is 0 Å². The van der Waals surface area contributed by atoms with Gasteiger partial charge in [0.2, 0.25) is 17.7 Å². The van der Waals surface area contributed by atoms with Crippen molar-refractivity contribution in [3.05, 3.63) is 90.1 Å². The van der Waals surface area contributed by atoms with Gasteiger partial charge in [0.25, 0.3) is 0 Å². The molecule has 1 N–H and O–H groups in total. The van der Waals surface area contributed by atoms with E-state index in [0.717, 1.165) is 28.1 Å². The van der Waals surface area contributed by atoms with Gasteiger partial charge in [-0.05, 0) is 42.3 Å². The minimum Gasteiger partial charge on any atom is -0.421 e. The maximum absolute atomic E-state index is 12.1. The highest BCUT2D eigenvalue weighted by Gasteiger charge is 2.11. The molecule has 4 aromatic rings. The maximum atomic E-state index is 12.1. The van der Waals surface area contributed by atoms with E-state index >= 15 is 0 Å². The number of rotatable bonds is 7. The minimum absolute atomic E-state index is 0.0785. The summed E-state index contributed by atoms with van der Waals surface area (Å²) >= 11 is 0. The lowest BCUT2D eigenvalue weighted by Gasteiger charge is -2.04. The number of nitrogens with one attached hydrogen (secondary N) is 1. The highest BCUT2D eigenvalue weighted by Crippen LogP contribution is 2.24. The lowest BCUT2D eigenvalue weighted by atomic mass is 10.0. The highest BCUT2D eigenvalue weighted by atomic mass is 16.4. The van der Waals surface area contributed by atoms with Gasteiger partial charge in [-0.1, -0.05) is 48.5 Å². The lowest BCUT2D eigenvalue weighted by Crippen LogP contribution is -2.23. The monoisotopic (exact) mass is 398 g/mol. The molecule has 0 fully saturated rings. The van der Waals surface area contributed by atoms with Crippen LogP contribution in [0.15, 0.2) is 77.2 Å². The van der Waals surface area contributed by atoms with E-state index < -0.39 is 0 Å². The number of amides is 1. The van der Waals surface area contributed by atoms with E-state index in [1.165, 1.54) is 0 Å². The summed E-state index contributed by atoms with van der Waals surface area (Å²) in [4.78, 5) is 16.5. The molecule has 1 amide bonds. The third-order valence-electron chi connectivity index (χ3n) is 4.68. The Morgan fingerprint density at radius 2 is 1.60 bits per heavy atom. The summed E-state index contributed by atoms with van der Waals surface area (Å²) in [7, 11) is 0. The zero-order chi connectivity index (χ0) is 20.8. The Balaban J connectivity index is 1.31. The summed E-state index contributed by atoms with van der Waals surface area (Å²) in [6.07, 6.45) is 0.669. The topological polar surface area (TPSA) is 80.9 Å². The molecule has 6 nitrogen and oxygen atoms in total. The molecule has 0 atom stereocenters. The molecule has 6 heteroatoms. The van der Waals surface area contributed by atoms with Gasteiger partial charge in [0.05, 0.1) is 12.2 Å². The highest BCUT2D eigenvalue weighted by molar-refractivity contribution is 5.76. The third-order valence-corrected chi connectivity index (χ3v) is 4.68. The SMILES string of the molecule is Cc1cccc(CNC(=O)CCc2nnc(-c3ccc(-c4ccccc4)cc3)o2)n1. The zero-order valence-corrected chi connectivity index (χ0v) is 16.7. The molecule has 0 bridgehead atoms. The average Bonchev–Trinajstić information content (AvgIpc) is 3.26. The van der Waals surface area contributed by atoms with Crippen LogP contribution in [0.5, 0.6) is 0 Å². The summed E-state index contributed by atoms with van der Waals surface area (Å²) in [5.41, 5.74) is 4.89. The number of carbonyl (C=O) groups excluding carboxylic acids is 1. The van der Waals surface area contributed by atoms with Crippen LogP contribution < -0.4 is 5.32 Å². The van der Waals surface area contributed by atoms with Crippen LogP contribution in [0, 0.1) is 6.92 Å². The molecule has 0 aliphatic rings. The van der Waals surface area contributed by atoms with Gasteiger partial charge in [0.15, 0.2) is 0 Å². The molecular weight excluding hydrogens is 376 g/mol. The molecule has 0 aliphatic heterocycles. The van der Waals surface area contributed by atoms with Gasteiger partial charge in [-0.25, -0.2) is 0 Å². The molecule has 4 rings (SSSR count). The number of aromatic nitrogens is 3. The second-order valence-electron chi connectivity index (χ2n) is 6.99. The van der Waals surface area contributed by atoms with Crippen molar-refractivity contribution in [1.29, 1.82) is 0 Å². The Morgan fingerprint density at radius 3 is 2.37 bits per heavy atom. The van der Waals surface area contributed by atoms with Crippen LogP contribution in [0.25, 0.3) is 22.6 Å². The lowest BCUT2D eigenvalue weighted by molar-refractivity contribution is -0.121. The Hall–Kier alpha value is -3.80. The molecule has 2 aromatic heterocycles. The van der Waals surface area contributed by atoms with Crippen molar-refractivity contribution in [2.24, 2.45) is 0 Å². The van der Waals surface area contributed by atoms with Gasteiger partial charge < -0.3 is 9.73 Å². The molecule has 0 saturated carbocycles. The maximum Gasteiger partial charge on any atom is 0.247 e. The van der Waals surface area contributed by atoms with E-state index in [1.54, 1.807) is 0 Å². The second-order valence-corrected chi connectivity index (χ2v) is 6.99. The molecule has 2 aromatic carbocycles. The molecule has 0 spiro atoms. The van der Waals surface area contributed by atoms with E-state index in [1.807, 2.05) is 67.6 Å². The number of carbonyl (C=O) groups is 1. The van der Waals surface area contributed by atoms with Gasteiger partial charge in [-0.15, -0.1) is 10.2 Å². The molecule has 2 heterocycles. The van der Waals surface area contributed by atoms with E-state index in [9.17, 15) is 4.79 Å². The van der Waals surface area contributed by atoms with Crippen LogP contribution in [-0.2, 0) is 17.8 Å². The first-order valence-electron chi connectivity index (χ1n) is 9.85. The molecule has 30 heavy (non-hydrogen) atoms. The standard InChI is InChI=1S/C24H22N4O2/c1-17-6-5-9-21(26-17)16-25-22(29)14-15-23-27-28-24(30-23)20-12-10-19(11-13-20)18-7-3-2-4-8-18/h2-13H,14-16H2,1H3,(H,25,29). The largest absolute Gasteiger partial charge is 0.421 e. The van der Waals surface area contributed by atoms with Crippen molar-refractivity contribution in [1.82, 2.24) is 20.5 Å². The van der Waals surface area contributed by atoms with Gasteiger partial charge in [-0.2, -0.15) is 0 Å². The van der Waals surface area contributed by atoms with E-state index in [4.69, 9.17) is 4.42 Å². The molecule has 150 valence electrons. The first kappa shape index (κ1) is 19.5. The van der Waals surface area contributed by atoms with Crippen molar-refractivity contribution in [2.45, 2.75) is 26.3 Å². The number of pyridine rings is 1. The van der Waals surface area contributed by atoms with Crippen LogP contribution in [0.1, 0.15) is 23.7 Å². The quantitative estimate of drug-likeness (QED) is 0.500. The summed E-state index contributed by atoms with van der Waals surface area (Å²) < 4.78 is 5.73. The number of nitrogens with zero attached hydrogens (tertiary/aromatic N) is 3. The second kappa shape index (κ2) is 9.13. The average molecular weight is 398 g/mol. The van der Waals surface area contributed by atoms with E-state index in [2.05, 4.69) is 32.6 Å². The predicted molar refractivity (Wildman–Crippen MR) is 114 cm³/mol. The third kappa shape index (κ3) is 4.97. The number of benzene rings is 2. The fourth-order valence-electron chi connectivity index (χ4n) is 3.10. The number of hydrogen-bond donors (Lipinski definition) is 1. The van der Waals surface area contributed by atoms with E-state index in [-0.39, 0.29) is 12.3 Å². The van der Waals surface area contributed by atoms with Gasteiger partial charge in [0.1, 0.15) is 0 Å². The normalized spacial score (nSPS) is 10.7. The van der Waals surface area contributed by atoms with Crippen LogP contribution in [-0.4, -0.2) is 21.1 Å². The Morgan fingerprint density at radius 1 is 0.867 bits per heavy atom. The van der Waals surface area contributed by atoms with Crippen LogP contribution >= 0.6 is 0 Å². The van der Waals surface area contributed by atoms with Crippen LogP contribution in [0.2, 0.25) is 0 Å². The predicted octanol–water partition coefficient (Wildman–Crippen LogP) is 4.36. The minimum atomic E-state index is -0.0785. The number of hydrogen-bond acceptors (Lipinski definition) is 5. The fourth-order valence-corrected chi connectivity index (χ4v) is 3.10. The first-order chi connectivity index (χ1) is 14.7. The summed E-state index contributed by atoms with van der Waals surface area (Å²) in [5, 5.41) is 11.0. The zero-order valence-electron chi connectivity index (χ0n) is 16.7. The molecule has 0 unspecified atom stereocenters. The fraction of sp³-hybridized carbons (Fsp3) is 0.167. The van der Waals surface area contributed by atoms with Crippen molar-refractivity contribution < 1.29 is 9.21 Å². The Bertz CT molecular complexity index is 1120. The first-order valence-corrected chi connectivity index (χ1v) is 9.85. The van der Waals surface area contributed by atoms with Crippen LogP contribution in [0.3, 0.4) is 0 Å². The van der Waals surface area contributed by atoms with E-state index in [0.29, 0.717) is 24.7 Å².